The summed E-state index contributed by atoms with van der Waals surface area (Å²) in [5, 5.41) is 18.9. The highest BCUT2D eigenvalue weighted by Gasteiger charge is 2.40. The Hall–Kier alpha value is -1.23. The van der Waals surface area contributed by atoms with Crippen LogP contribution in [0.3, 0.4) is 0 Å². The second kappa shape index (κ2) is 27.0. The van der Waals surface area contributed by atoms with Crippen molar-refractivity contribution < 1.29 is 62.4 Å². The molecule has 1 aliphatic heterocycles. The van der Waals surface area contributed by atoms with Crippen LogP contribution in [0.5, 0.6) is 0 Å². The van der Waals surface area contributed by atoms with Crippen LogP contribution in [0, 0.1) is 0 Å². The maximum absolute atomic E-state index is 11.0. The van der Waals surface area contributed by atoms with E-state index in [4.69, 9.17) is 52.5 Å². The molecular formula is C26H50O13. The first-order chi connectivity index (χ1) is 19.0. The van der Waals surface area contributed by atoms with Crippen LogP contribution in [0.4, 0.5) is 0 Å². The van der Waals surface area contributed by atoms with E-state index in [1.165, 1.54) is 6.92 Å². The van der Waals surface area contributed by atoms with Gasteiger partial charge in [0, 0.05) is 6.92 Å². The maximum Gasteiger partial charge on any atom is 0.364 e. The molecule has 13 nitrogen and oxygen atoms in total. The van der Waals surface area contributed by atoms with Crippen molar-refractivity contribution in [1.29, 1.82) is 0 Å². The Morgan fingerprint density at radius 1 is 0.795 bits per heavy atom. The van der Waals surface area contributed by atoms with Gasteiger partial charge in [0.05, 0.1) is 112 Å². The van der Waals surface area contributed by atoms with E-state index in [0.29, 0.717) is 85.9 Å². The molecule has 1 aliphatic rings. The molecule has 0 aromatic carbocycles. The van der Waals surface area contributed by atoms with Crippen molar-refractivity contribution in [2.75, 3.05) is 112 Å². The number of hydrogen-bond acceptors (Lipinski definition) is 12. The first-order valence-electron chi connectivity index (χ1n) is 13.4. The minimum Gasteiger partial charge on any atom is -0.477 e. The van der Waals surface area contributed by atoms with Crippen LogP contribution in [0.15, 0.2) is 12.7 Å². The maximum atomic E-state index is 11.0. The van der Waals surface area contributed by atoms with Crippen LogP contribution in [0.2, 0.25) is 0 Å². The fourth-order valence-corrected chi connectivity index (χ4v) is 2.71. The number of carboxylic acid groups (broad SMARTS) is 1. The summed E-state index contributed by atoms with van der Waals surface area (Å²) >= 11 is 0. The largest absolute Gasteiger partial charge is 0.477 e. The smallest absolute Gasteiger partial charge is 0.364 e. The predicted molar refractivity (Wildman–Crippen MR) is 141 cm³/mol. The second-order valence-electron chi connectivity index (χ2n) is 7.98. The molecule has 0 saturated carbocycles. The molecule has 0 amide bonds. The molecular weight excluding hydrogens is 520 g/mol. The Labute approximate surface area is 232 Å². The summed E-state index contributed by atoms with van der Waals surface area (Å²) < 4.78 is 53.3. The number of aliphatic carboxylic acids is 1. The molecule has 0 aliphatic carbocycles. The third-order valence-electron chi connectivity index (χ3n) is 4.78. The van der Waals surface area contributed by atoms with Crippen molar-refractivity contribution in [3.63, 3.8) is 0 Å². The highest BCUT2D eigenvalue weighted by atomic mass is 16.7. The summed E-state index contributed by atoms with van der Waals surface area (Å²) in [6.07, 6.45) is 0.415. The fraction of sp³-hybridized carbons (Fsp3) is 0.885. The van der Waals surface area contributed by atoms with E-state index in [9.17, 15) is 9.90 Å². The van der Waals surface area contributed by atoms with E-state index in [-0.39, 0.29) is 26.4 Å². The van der Waals surface area contributed by atoms with Crippen molar-refractivity contribution in [3.8, 4) is 0 Å². The van der Waals surface area contributed by atoms with E-state index < -0.39 is 24.0 Å². The molecule has 232 valence electrons. The average Bonchev–Trinajstić information content (AvgIpc) is 2.94. The first-order valence-corrected chi connectivity index (χ1v) is 13.4. The number of hydrogen-bond donors (Lipinski definition) is 2. The number of ether oxygens (including phenoxy) is 10. The lowest BCUT2D eigenvalue weighted by Crippen LogP contribution is -2.50. The monoisotopic (exact) mass is 570 g/mol. The predicted octanol–water partition coefficient (Wildman–Crippen LogP) is 0.909. The molecule has 1 fully saturated rings. The van der Waals surface area contributed by atoms with Gasteiger partial charge in [0.1, 0.15) is 12.2 Å². The molecule has 1 saturated heterocycles. The zero-order chi connectivity index (χ0) is 29.0. The fourth-order valence-electron chi connectivity index (χ4n) is 2.71. The molecule has 0 bridgehead atoms. The number of aliphatic hydroxyl groups excluding tert-OH is 1. The molecule has 39 heavy (non-hydrogen) atoms. The van der Waals surface area contributed by atoms with Crippen molar-refractivity contribution >= 4 is 5.97 Å². The summed E-state index contributed by atoms with van der Waals surface area (Å²) in [5.41, 5.74) is 0. The topological polar surface area (TPSA) is 150 Å². The molecule has 0 radical (unpaired) electrons. The van der Waals surface area contributed by atoms with E-state index in [2.05, 4.69) is 6.58 Å². The number of carbonyl (C=O) groups is 1. The number of rotatable bonds is 26. The van der Waals surface area contributed by atoms with Gasteiger partial charge in [-0.2, -0.15) is 0 Å². The molecule has 2 N–H and O–H groups in total. The quantitative estimate of drug-likeness (QED) is 0.112. The average molecular weight is 571 g/mol. The zero-order valence-electron chi connectivity index (χ0n) is 23.8. The summed E-state index contributed by atoms with van der Waals surface area (Å²) in [6.45, 7) is 15.2. The van der Waals surface area contributed by atoms with Gasteiger partial charge in [0.2, 0.25) is 0 Å². The van der Waals surface area contributed by atoms with Gasteiger partial charge >= 0.3 is 5.97 Å². The molecule has 1 atom stereocenters. The lowest BCUT2D eigenvalue weighted by molar-refractivity contribution is -0.285. The lowest BCUT2D eigenvalue weighted by atomic mass is 10.2. The van der Waals surface area contributed by atoms with Gasteiger partial charge in [-0.1, -0.05) is 19.9 Å². The summed E-state index contributed by atoms with van der Waals surface area (Å²) in [7, 11) is 0. The summed E-state index contributed by atoms with van der Waals surface area (Å²) in [5.74, 6) is -2.85. The van der Waals surface area contributed by atoms with Gasteiger partial charge in [-0.05, 0) is 0 Å². The third kappa shape index (κ3) is 22.2. The number of carboxylic acids is 1. The third-order valence-corrected chi connectivity index (χ3v) is 4.78. The Morgan fingerprint density at radius 3 is 1.56 bits per heavy atom. The minimum absolute atomic E-state index is 0.0189. The van der Waals surface area contributed by atoms with E-state index >= 15 is 0 Å². The van der Waals surface area contributed by atoms with Crippen LogP contribution >= 0.6 is 0 Å². The van der Waals surface area contributed by atoms with E-state index in [1.54, 1.807) is 6.08 Å². The van der Waals surface area contributed by atoms with Crippen LogP contribution in [-0.4, -0.2) is 146 Å². The molecule has 13 heteroatoms. The Balaban J connectivity index is 0.00000704. The van der Waals surface area contributed by atoms with Gasteiger partial charge in [-0.25, -0.2) is 4.79 Å². The zero-order valence-corrected chi connectivity index (χ0v) is 23.8. The summed E-state index contributed by atoms with van der Waals surface area (Å²) in [6, 6.07) is 0. The van der Waals surface area contributed by atoms with Gasteiger partial charge in [-0.3, -0.25) is 0 Å². The molecule has 1 heterocycles. The molecule has 0 aromatic heterocycles. The van der Waals surface area contributed by atoms with Crippen molar-refractivity contribution in [2.45, 2.75) is 38.8 Å². The minimum atomic E-state index is -1.66. The lowest BCUT2D eigenvalue weighted by Gasteiger charge is -2.34. The highest BCUT2D eigenvalue weighted by molar-refractivity contribution is 5.75. The Bertz CT molecular complexity index is 556. The van der Waals surface area contributed by atoms with Crippen LogP contribution in [-0.2, 0) is 52.2 Å². The first kappa shape index (κ1) is 37.8. The SMILES string of the molecule is C=CCOCCOCCOCCOCCOCCOCCOCC(O)COC1COC(C)(C(=O)O)OC1.CC. The van der Waals surface area contributed by atoms with Crippen LogP contribution < -0.4 is 0 Å². The highest BCUT2D eigenvalue weighted by Crippen LogP contribution is 2.20. The summed E-state index contributed by atoms with van der Waals surface area (Å²) in [4.78, 5) is 11.0. The van der Waals surface area contributed by atoms with Crippen molar-refractivity contribution in [1.82, 2.24) is 0 Å². The van der Waals surface area contributed by atoms with Crippen LogP contribution in [0.25, 0.3) is 0 Å². The van der Waals surface area contributed by atoms with Gasteiger partial charge in [0.25, 0.3) is 5.79 Å². The normalized spacial score (nSPS) is 19.7. The van der Waals surface area contributed by atoms with Gasteiger partial charge in [-0.15, -0.1) is 6.58 Å². The molecule has 1 unspecified atom stereocenters. The molecule has 1 rings (SSSR count). The number of aliphatic hydroxyl groups is 1. The van der Waals surface area contributed by atoms with Crippen molar-refractivity contribution in [2.24, 2.45) is 0 Å². The molecule has 0 spiro atoms. The molecule has 0 aromatic rings. The second-order valence-corrected chi connectivity index (χ2v) is 7.98. The van der Waals surface area contributed by atoms with E-state index in [0.717, 1.165) is 0 Å². The van der Waals surface area contributed by atoms with E-state index in [1.807, 2.05) is 13.8 Å². The van der Waals surface area contributed by atoms with Crippen LogP contribution in [0.1, 0.15) is 20.8 Å². The van der Waals surface area contributed by atoms with Crippen molar-refractivity contribution in [3.05, 3.63) is 12.7 Å². The standard InChI is InChI=1S/C24H44O13.C2H6/c1-3-4-28-5-6-29-7-8-30-9-10-31-11-12-32-13-14-33-15-16-34-17-21(25)18-35-22-19-36-24(2,23(26)27)37-20-22;1-2/h3,21-22,25H,1,4-20H2,2H3,(H,26,27);1-2H3. The Kier molecular flexibility index (Phi) is 26.1. The Morgan fingerprint density at radius 2 is 1.18 bits per heavy atom. The van der Waals surface area contributed by atoms with Gasteiger partial charge < -0.3 is 57.6 Å². The van der Waals surface area contributed by atoms with Gasteiger partial charge in [0.15, 0.2) is 0 Å².